The van der Waals surface area contributed by atoms with Crippen molar-refractivity contribution in [3.05, 3.63) is 35.4 Å². The van der Waals surface area contributed by atoms with Crippen molar-refractivity contribution in [2.24, 2.45) is 11.3 Å². The maximum Gasteiger partial charge on any atom is 0.406 e. The van der Waals surface area contributed by atoms with Crippen LogP contribution >= 0.6 is 0 Å². The number of carbonyl (C=O) groups excluding carboxylic acids is 1. The lowest BCUT2D eigenvalue weighted by Gasteiger charge is -2.30. The van der Waals surface area contributed by atoms with Gasteiger partial charge in [0.1, 0.15) is 0 Å². The lowest BCUT2D eigenvalue weighted by atomic mass is 9.83. The number of halogens is 3. The highest BCUT2D eigenvalue weighted by atomic mass is 19.4. The minimum Gasteiger partial charge on any atom is -0.481 e. The van der Waals surface area contributed by atoms with Crippen LogP contribution in [0.2, 0.25) is 0 Å². The van der Waals surface area contributed by atoms with Gasteiger partial charge in [0.25, 0.3) is 0 Å². The Bertz CT molecular complexity index is 673. The number of hydrogen-bond acceptors (Lipinski definition) is 2. The molecular weight excluding hydrogens is 323 g/mol. The van der Waals surface area contributed by atoms with Crippen LogP contribution in [0.3, 0.4) is 0 Å². The van der Waals surface area contributed by atoms with Gasteiger partial charge in [0.15, 0.2) is 5.41 Å². The zero-order valence-electron chi connectivity index (χ0n) is 13.0. The summed E-state index contributed by atoms with van der Waals surface area (Å²) in [6.45, 7) is -0.953. The Morgan fingerprint density at radius 3 is 2.46 bits per heavy atom. The highest BCUT2D eigenvalue weighted by Gasteiger charge is 2.64. The molecule has 1 amide bonds. The number of carboxylic acids is 1. The zero-order valence-corrected chi connectivity index (χ0v) is 13.0. The van der Waals surface area contributed by atoms with Crippen LogP contribution in [-0.4, -0.2) is 41.1 Å². The van der Waals surface area contributed by atoms with Crippen LogP contribution in [0.1, 0.15) is 24.0 Å². The predicted molar refractivity (Wildman–Crippen MR) is 79.3 cm³/mol. The van der Waals surface area contributed by atoms with E-state index in [-0.39, 0.29) is 18.4 Å². The number of carboxylic acid groups (broad SMARTS) is 1. The SMILES string of the molecule is O=C(C1CCc2ccccc2C1)N1CCC(C(=O)O)(C(F)(F)F)C1. The molecule has 4 nitrogen and oxygen atoms in total. The van der Waals surface area contributed by atoms with Gasteiger partial charge in [-0.2, -0.15) is 13.2 Å². The predicted octanol–water partition coefficient (Wildman–Crippen LogP) is 2.66. The summed E-state index contributed by atoms with van der Waals surface area (Å²) in [5.74, 6) is -2.64. The summed E-state index contributed by atoms with van der Waals surface area (Å²) in [5, 5.41) is 9.08. The third kappa shape index (κ3) is 2.65. The van der Waals surface area contributed by atoms with Crippen LogP contribution in [0.4, 0.5) is 13.2 Å². The van der Waals surface area contributed by atoms with Crippen molar-refractivity contribution >= 4 is 11.9 Å². The monoisotopic (exact) mass is 341 g/mol. The number of benzene rings is 1. The van der Waals surface area contributed by atoms with Gasteiger partial charge in [-0.1, -0.05) is 24.3 Å². The lowest BCUT2D eigenvalue weighted by molar-refractivity contribution is -0.227. The normalized spacial score (nSPS) is 27.0. The van der Waals surface area contributed by atoms with Crippen molar-refractivity contribution in [3.8, 4) is 0 Å². The standard InChI is InChI=1S/C17H18F3NO3/c18-17(19,20)16(15(23)24)7-8-21(10-16)14(22)13-6-5-11-3-1-2-4-12(11)9-13/h1-4,13H,5-10H2,(H,23,24). The smallest absolute Gasteiger partial charge is 0.406 e. The van der Waals surface area contributed by atoms with Gasteiger partial charge in [0, 0.05) is 19.0 Å². The third-order valence-electron chi connectivity index (χ3n) is 5.23. The fraction of sp³-hybridized carbons (Fsp3) is 0.529. The first kappa shape index (κ1) is 16.8. The lowest BCUT2D eigenvalue weighted by Crippen LogP contribution is -2.48. The van der Waals surface area contributed by atoms with E-state index >= 15 is 0 Å². The number of nitrogens with zero attached hydrogens (tertiary/aromatic N) is 1. The first-order valence-electron chi connectivity index (χ1n) is 7.90. The molecule has 0 aromatic heterocycles. The summed E-state index contributed by atoms with van der Waals surface area (Å²) >= 11 is 0. The Kier molecular flexibility index (Phi) is 4.05. The van der Waals surface area contributed by atoms with E-state index in [1.807, 2.05) is 24.3 Å². The number of amides is 1. The largest absolute Gasteiger partial charge is 0.481 e. The van der Waals surface area contributed by atoms with Crippen molar-refractivity contribution in [2.75, 3.05) is 13.1 Å². The van der Waals surface area contributed by atoms with E-state index in [2.05, 4.69) is 0 Å². The molecule has 1 saturated heterocycles. The van der Waals surface area contributed by atoms with E-state index in [4.69, 9.17) is 5.11 Å². The number of rotatable bonds is 2. The molecule has 1 heterocycles. The number of likely N-dealkylation sites (tertiary alicyclic amines) is 1. The van der Waals surface area contributed by atoms with Crippen molar-refractivity contribution in [3.63, 3.8) is 0 Å². The van der Waals surface area contributed by atoms with Gasteiger partial charge in [-0.05, 0) is 36.8 Å². The second-order valence-corrected chi connectivity index (χ2v) is 6.60. The topological polar surface area (TPSA) is 57.6 Å². The summed E-state index contributed by atoms with van der Waals surface area (Å²) in [7, 11) is 0. The molecule has 0 spiro atoms. The molecule has 2 atom stereocenters. The maximum absolute atomic E-state index is 13.2. The average molecular weight is 341 g/mol. The van der Waals surface area contributed by atoms with Gasteiger partial charge in [-0.25, -0.2) is 0 Å². The van der Waals surface area contributed by atoms with Crippen LogP contribution in [-0.2, 0) is 22.4 Å². The molecule has 0 bridgehead atoms. The summed E-state index contributed by atoms with van der Waals surface area (Å²) in [6, 6.07) is 7.72. The third-order valence-corrected chi connectivity index (χ3v) is 5.23. The molecule has 1 fully saturated rings. The second kappa shape index (κ2) is 5.79. The molecule has 1 aromatic carbocycles. The van der Waals surface area contributed by atoms with Crippen molar-refractivity contribution in [2.45, 2.75) is 31.9 Å². The number of alkyl halides is 3. The van der Waals surface area contributed by atoms with E-state index < -0.39 is 30.5 Å². The quantitative estimate of drug-likeness (QED) is 0.900. The molecule has 0 saturated carbocycles. The molecule has 130 valence electrons. The van der Waals surface area contributed by atoms with Crippen LogP contribution in [0.15, 0.2) is 24.3 Å². The van der Waals surface area contributed by atoms with Gasteiger partial charge in [0.2, 0.25) is 5.91 Å². The summed E-state index contributed by atoms with van der Waals surface area (Å²) in [5.41, 5.74) is -0.630. The van der Waals surface area contributed by atoms with Gasteiger partial charge in [-0.15, -0.1) is 0 Å². The Balaban J connectivity index is 1.75. The molecule has 1 aliphatic heterocycles. The highest BCUT2D eigenvalue weighted by molar-refractivity contribution is 5.83. The molecule has 2 unspecified atom stereocenters. The fourth-order valence-electron chi connectivity index (χ4n) is 3.69. The highest BCUT2D eigenvalue weighted by Crippen LogP contribution is 2.46. The molecule has 2 aliphatic rings. The number of fused-ring (bicyclic) bond motifs is 1. The minimum atomic E-state index is -4.87. The Morgan fingerprint density at radius 2 is 1.88 bits per heavy atom. The maximum atomic E-state index is 13.2. The van der Waals surface area contributed by atoms with Gasteiger partial charge in [-0.3, -0.25) is 9.59 Å². The Hall–Kier alpha value is -2.05. The van der Waals surface area contributed by atoms with Gasteiger partial charge >= 0.3 is 12.1 Å². The zero-order chi connectivity index (χ0) is 17.5. The molecule has 0 radical (unpaired) electrons. The molecule has 24 heavy (non-hydrogen) atoms. The van der Waals surface area contributed by atoms with E-state index in [9.17, 15) is 22.8 Å². The fourth-order valence-corrected chi connectivity index (χ4v) is 3.69. The van der Waals surface area contributed by atoms with Crippen LogP contribution in [0, 0.1) is 11.3 Å². The molecule has 7 heteroatoms. The van der Waals surface area contributed by atoms with Crippen molar-refractivity contribution in [1.29, 1.82) is 0 Å². The van der Waals surface area contributed by atoms with Crippen LogP contribution < -0.4 is 0 Å². The Labute approximate surface area is 137 Å². The molecule has 1 aromatic rings. The molecule has 1 N–H and O–H groups in total. The van der Waals surface area contributed by atoms with E-state index in [0.717, 1.165) is 16.0 Å². The summed E-state index contributed by atoms with van der Waals surface area (Å²) in [6.07, 6.45) is -3.66. The Morgan fingerprint density at radius 1 is 1.21 bits per heavy atom. The molecule has 3 rings (SSSR count). The van der Waals surface area contributed by atoms with Crippen LogP contribution in [0.5, 0.6) is 0 Å². The van der Waals surface area contributed by atoms with E-state index in [0.29, 0.717) is 19.3 Å². The van der Waals surface area contributed by atoms with E-state index in [1.54, 1.807) is 0 Å². The van der Waals surface area contributed by atoms with E-state index in [1.165, 1.54) is 0 Å². The summed E-state index contributed by atoms with van der Waals surface area (Å²) < 4.78 is 39.7. The number of carbonyl (C=O) groups is 2. The van der Waals surface area contributed by atoms with Gasteiger partial charge in [0.05, 0.1) is 0 Å². The second-order valence-electron chi connectivity index (χ2n) is 6.60. The first-order chi connectivity index (χ1) is 11.2. The van der Waals surface area contributed by atoms with Crippen molar-refractivity contribution < 1.29 is 27.9 Å². The molecule has 1 aliphatic carbocycles. The minimum absolute atomic E-state index is 0.164. The number of aryl methyl sites for hydroxylation is 1. The van der Waals surface area contributed by atoms with Crippen molar-refractivity contribution in [1.82, 2.24) is 4.90 Å². The van der Waals surface area contributed by atoms with Crippen LogP contribution in [0.25, 0.3) is 0 Å². The average Bonchev–Trinajstić information content (AvgIpc) is 3.00. The molecular formula is C17H18F3NO3. The number of hydrogen-bond donors (Lipinski definition) is 1. The first-order valence-corrected chi connectivity index (χ1v) is 7.90. The van der Waals surface area contributed by atoms with Gasteiger partial charge < -0.3 is 10.0 Å². The number of aliphatic carboxylic acids is 1. The summed E-state index contributed by atoms with van der Waals surface area (Å²) in [4.78, 5) is 24.9.